The summed E-state index contributed by atoms with van der Waals surface area (Å²) in [7, 11) is 0. The molecule has 1 atom stereocenters. The summed E-state index contributed by atoms with van der Waals surface area (Å²) in [6.45, 7) is 2.09. The lowest BCUT2D eigenvalue weighted by atomic mass is 9.93. The summed E-state index contributed by atoms with van der Waals surface area (Å²) in [5.74, 6) is 0.204. The van der Waals surface area contributed by atoms with Gasteiger partial charge in [-0.05, 0) is 42.5 Å². The second kappa shape index (κ2) is 6.14. The number of rotatable bonds is 4. The summed E-state index contributed by atoms with van der Waals surface area (Å²) in [5.41, 5.74) is 3.76. The Kier molecular flexibility index (Phi) is 4.54. The van der Waals surface area contributed by atoms with Crippen LogP contribution in [-0.4, -0.2) is 5.33 Å². The molecule has 0 fully saturated rings. The Morgan fingerprint density at radius 3 is 2.17 bits per heavy atom. The van der Waals surface area contributed by atoms with Crippen LogP contribution in [0.2, 0.25) is 0 Å². The van der Waals surface area contributed by atoms with E-state index in [1.54, 1.807) is 0 Å². The molecular weight excluding hydrogens is 291 g/mol. The van der Waals surface area contributed by atoms with Gasteiger partial charge in [-0.25, -0.2) is 4.39 Å². The Morgan fingerprint density at radius 2 is 1.61 bits per heavy atom. The molecule has 0 nitrogen and oxygen atoms in total. The van der Waals surface area contributed by atoms with E-state index in [1.807, 2.05) is 12.1 Å². The SMILES string of the molecule is Cc1ccc(CC(CBr)c2ccc(F)cc2)cc1. The van der Waals surface area contributed by atoms with E-state index < -0.39 is 0 Å². The molecule has 1 unspecified atom stereocenters. The van der Waals surface area contributed by atoms with Crippen LogP contribution < -0.4 is 0 Å². The number of benzene rings is 2. The zero-order valence-electron chi connectivity index (χ0n) is 10.4. The third-order valence-electron chi connectivity index (χ3n) is 3.13. The van der Waals surface area contributed by atoms with E-state index in [0.29, 0.717) is 5.92 Å². The summed E-state index contributed by atoms with van der Waals surface area (Å²) in [6, 6.07) is 15.4. The summed E-state index contributed by atoms with van der Waals surface area (Å²) in [6.07, 6.45) is 0.969. The Hall–Kier alpha value is -1.15. The van der Waals surface area contributed by atoms with Gasteiger partial charge < -0.3 is 0 Å². The number of hydrogen-bond acceptors (Lipinski definition) is 0. The summed E-state index contributed by atoms with van der Waals surface area (Å²) in [4.78, 5) is 0. The predicted molar refractivity (Wildman–Crippen MR) is 77.8 cm³/mol. The zero-order valence-corrected chi connectivity index (χ0v) is 12.0. The first-order valence-electron chi connectivity index (χ1n) is 6.06. The molecule has 2 aromatic carbocycles. The third-order valence-corrected chi connectivity index (χ3v) is 3.91. The predicted octanol–water partition coefficient (Wildman–Crippen LogP) is 4.86. The van der Waals surface area contributed by atoms with Crippen molar-refractivity contribution in [2.75, 3.05) is 5.33 Å². The van der Waals surface area contributed by atoms with Crippen molar-refractivity contribution in [3.63, 3.8) is 0 Å². The number of aryl methyl sites for hydroxylation is 1. The van der Waals surface area contributed by atoms with Crippen LogP contribution in [-0.2, 0) is 6.42 Å². The van der Waals surface area contributed by atoms with Crippen molar-refractivity contribution < 1.29 is 4.39 Å². The van der Waals surface area contributed by atoms with Gasteiger partial charge in [-0.2, -0.15) is 0 Å². The lowest BCUT2D eigenvalue weighted by molar-refractivity contribution is 0.625. The largest absolute Gasteiger partial charge is 0.207 e. The molecular formula is C16H16BrF. The first kappa shape index (κ1) is 13.3. The van der Waals surface area contributed by atoms with Crippen LogP contribution in [0.25, 0.3) is 0 Å². The third kappa shape index (κ3) is 3.42. The van der Waals surface area contributed by atoms with Gasteiger partial charge in [0, 0.05) is 5.33 Å². The van der Waals surface area contributed by atoms with Gasteiger partial charge in [-0.1, -0.05) is 57.9 Å². The molecule has 0 aliphatic heterocycles. The highest BCUT2D eigenvalue weighted by Gasteiger charge is 2.11. The van der Waals surface area contributed by atoms with E-state index in [9.17, 15) is 4.39 Å². The lowest BCUT2D eigenvalue weighted by Crippen LogP contribution is -2.04. The normalized spacial score (nSPS) is 12.4. The maximum absolute atomic E-state index is 12.9. The molecule has 2 rings (SSSR count). The minimum atomic E-state index is -0.178. The highest BCUT2D eigenvalue weighted by atomic mass is 79.9. The minimum Gasteiger partial charge on any atom is -0.207 e. The van der Waals surface area contributed by atoms with Crippen LogP contribution in [0.3, 0.4) is 0 Å². The fourth-order valence-electron chi connectivity index (χ4n) is 2.01. The summed E-state index contributed by atoms with van der Waals surface area (Å²) in [5, 5.41) is 0.881. The Morgan fingerprint density at radius 1 is 1.00 bits per heavy atom. The number of hydrogen-bond donors (Lipinski definition) is 0. The molecule has 18 heavy (non-hydrogen) atoms. The Bertz CT molecular complexity index is 488. The first-order valence-corrected chi connectivity index (χ1v) is 7.18. The highest BCUT2D eigenvalue weighted by Crippen LogP contribution is 2.23. The summed E-state index contributed by atoms with van der Waals surface area (Å²) >= 11 is 3.55. The van der Waals surface area contributed by atoms with Crippen molar-refractivity contribution in [3.05, 3.63) is 71.0 Å². The van der Waals surface area contributed by atoms with Crippen LogP contribution in [0.15, 0.2) is 48.5 Å². The van der Waals surface area contributed by atoms with Crippen LogP contribution >= 0.6 is 15.9 Å². The monoisotopic (exact) mass is 306 g/mol. The van der Waals surface area contributed by atoms with Crippen molar-refractivity contribution >= 4 is 15.9 Å². The molecule has 0 N–H and O–H groups in total. The molecule has 2 aromatic rings. The molecule has 0 saturated carbocycles. The lowest BCUT2D eigenvalue weighted by Gasteiger charge is -2.14. The van der Waals surface area contributed by atoms with Gasteiger partial charge in [0.05, 0.1) is 0 Å². The zero-order chi connectivity index (χ0) is 13.0. The second-order valence-electron chi connectivity index (χ2n) is 4.59. The Balaban J connectivity index is 2.14. The fraction of sp³-hybridized carbons (Fsp3) is 0.250. The van der Waals surface area contributed by atoms with E-state index >= 15 is 0 Å². The van der Waals surface area contributed by atoms with Crippen LogP contribution in [0.1, 0.15) is 22.6 Å². The minimum absolute atomic E-state index is 0.178. The summed E-state index contributed by atoms with van der Waals surface area (Å²) < 4.78 is 12.9. The smallest absolute Gasteiger partial charge is 0.123 e. The molecule has 2 heteroatoms. The quantitative estimate of drug-likeness (QED) is 0.708. The molecule has 0 radical (unpaired) electrons. The van der Waals surface area contributed by atoms with Crippen LogP contribution in [0, 0.1) is 12.7 Å². The maximum Gasteiger partial charge on any atom is 0.123 e. The van der Waals surface area contributed by atoms with E-state index in [0.717, 1.165) is 11.8 Å². The van der Waals surface area contributed by atoms with Gasteiger partial charge in [0.25, 0.3) is 0 Å². The number of halogens is 2. The molecule has 0 amide bonds. The molecule has 0 aromatic heterocycles. The fourth-order valence-corrected chi connectivity index (χ4v) is 2.61. The highest BCUT2D eigenvalue weighted by molar-refractivity contribution is 9.09. The molecule has 0 spiro atoms. The van der Waals surface area contributed by atoms with Gasteiger partial charge in [-0.3, -0.25) is 0 Å². The van der Waals surface area contributed by atoms with E-state index in [2.05, 4.69) is 47.1 Å². The van der Waals surface area contributed by atoms with E-state index in [-0.39, 0.29) is 5.82 Å². The first-order chi connectivity index (χ1) is 8.69. The van der Waals surface area contributed by atoms with Gasteiger partial charge in [0.15, 0.2) is 0 Å². The van der Waals surface area contributed by atoms with Gasteiger partial charge in [-0.15, -0.1) is 0 Å². The van der Waals surface area contributed by atoms with Crippen molar-refractivity contribution in [2.24, 2.45) is 0 Å². The molecule has 0 aliphatic carbocycles. The van der Waals surface area contributed by atoms with Crippen molar-refractivity contribution in [3.8, 4) is 0 Å². The van der Waals surface area contributed by atoms with Crippen LogP contribution in [0.4, 0.5) is 4.39 Å². The van der Waals surface area contributed by atoms with Gasteiger partial charge in [0.1, 0.15) is 5.82 Å². The standard InChI is InChI=1S/C16H16BrF/c1-12-2-4-13(5-3-12)10-15(11-17)14-6-8-16(18)9-7-14/h2-9,15H,10-11H2,1H3. The number of alkyl halides is 1. The van der Waals surface area contributed by atoms with Crippen LogP contribution in [0.5, 0.6) is 0 Å². The Labute approximate surface area is 116 Å². The van der Waals surface area contributed by atoms with E-state index in [1.165, 1.54) is 28.8 Å². The van der Waals surface area contributed by atoms with E-state index in [4.69, 9.17) is 0 Å². The van der Waals surface area contributed by atoms with Crippen molar-refractivity contribution in [1.29, 1.82) is 0 Å². The second-order valence-corrected chi connectivity index (χ2v) is 5.24. The molecule has 0 aliphatic rings. The maximum atomic E-state index is 12.9. The van der Waals surface area contributed by atoms with Crippen molar-refractivity contribution in [2.45, 2.75) is 19.3 Å². The molecule has 0 saturated heterocycles. The average molecular weight is 307 g/mol. The molecule has 0 bridgehead atoms. The van der Waals surface area contributed by atoms with Gasteiger partial charge >= 0.3 is 0 Å². The van der Waals surface area contributed by atoms with Crippen molar-refractivity contribution in [1.82, 2.24) is 0 Å². The molecule has 0 heterocycles. The molecule has 94 valence electrons. The topological polar surface area (TPSA) is 0 Å². The van der Waals surface area contributed by atoms with Gasteiger partial charge in [0.2, 0.25) is 0 Å². The average Bonchev–Trinajstić information content (AvgIpc) is 2.39.